The summed E-state index contributed by atoms with van der Waals surface area (Å²) in [4.78, 5) is 55.5. The Hall–Kier alpha value is 2.38. The van der Waals surface area contributed by atoms with E-state index < -0.39 is 54.6 Å². The molecular weight excluding hydrogens is 607 g/mol. The maximum atomic E-state index is 11.7. The molecule has 3 rings (SSSR count). The number of hydrogen-bond acceptors (Lipinski definition) is 17. The third-order valence-electron chi connectivity index (χ3n) is 4.10. The predicted molar refractivity (Wildman–Crippen MR) is 96.7 cm³/mol. The molecule has 0 bridgehead atoms. The number of rotatable bonds is 9. The van der Waals surface area contributed by atoms with Gasteiger partial charge in [-0.2, -0.15) is 0 Å². The SMILES string of the molecule is C=Cc1nc2c(N)ncnc2n1[C@@H]1O[C@H](COP(=O)([O-])OP(=O)([O-])OP(=O)([O-])[O-])[C@@H](O)[C@H]1O.[Na+].[Na+].[Na+].[Na+]. The monoisotopic (exact) mass is 621 g/mol. The third-order valence-corrected chi connectivity index (χ3v) is 7.77. The number of imidazole rings is 1. The van der Waals surface area contributed by atoms with E-state index in [1.165, 1.54) is 10.6 Å². The summed E-state index contributed by atoms with van der Waals surface area (Å²) in [6, 6.07) is 0. The van der Waals surface area contributed by atoms with E-state index in [1.54, 1.807) is 0 Å². The Kier molecular flexibility index (Phi) is 18.3. The number of nitrogen functional groups attached to an aromatic ring is 1. The average molecular weight is 621 g/mol. The van der Waals surface area contributed by atoms with Gasteiger partial charge in [-0.05, 0) is 6.08 Å². The first-order valence-corrected chi connectivity index (χ1v) is 12.9. The molecule has 0 spiro atoms. The van der Waals surface area contributed by atoms with E-state index in [1.807, 2.05) is 0 Å². The van der Waals surface area contributed by atoms with Crippen molar-refractivity contribution in [1.29, 1.82) is 0 Å². The molecule has 0 saturated carbocycles. The molecule has 2 unspecified atom stereocenters. The third kappa shape index (κ3) is 10.9. The molecule has 37 heavy (non-hydrogen) atoms. The van der Waals surface area contributed by atoms with Gasteiger partial charge in [-0.25, -0.2) is 19.3 Å². The number of anilines is 1. The van der Waals surface area contributed by atoms with E-state index in [4.69, 9.17) is 10.5 Å². The van der Waals surface area contributed by atoms with Crippen LogP contribution in [0.4, 0.5) is 5.82 Å². The average Bonchev–Trinajstić information content (AvgIpc) is 3.16. The molecule has 3 heterocycles. The van der Waals surface area contributed by atoms with E-state index >= 15 is 0 Å². The second kappa shape index (κ2) is 16.3. The summed E-state index contributed by atoms with van der Waals surface area (Å²) in [5, 5.41) is 20.6. The Morgan fingerprint density at radius 1 is 1.05 bits per heavy atom. The van der Waals surface area contributed by atoms with Crippen LogP contribution < -0.4 is 144 Å². The van der Waals surface area contributed by atoms with E-state index in [2.05, 4.69) is 34.7 Å². The first-order valence-electron chi connectivity index (χ1n) is 8.48. The molecule has 2 aromatic rings. The molecule has 2 aromatic heterocycles. The van der Waals surface area contributed by atoms with Crippen LogP contribution in [-0.4, -0.2) is 54.7 Å². The van der Waals surface area contributed by atoms with Gasteiger partial charge in [-0.15, -0.1) is 0 Å². The summed E-state index contributed by atoms with van der Waals surface area (Å²) < 4.78 is 50.6. The van der Waals surface area contributed by atoms with E-state index in [0.717, 1.165) is 6.33 Å². The van der Waals surface area contributed by atoms with E-state index in [9.17, 15) is 43.5 Å². The molecule has 1 saturated heterocycles. The van der Waals surface area contributed by atoms with Crippen molar-refractivity contribution in [3.63, 3.8) is 0 Å². The number of aromatic nitrogens is 4. The molecule has 0 aliphatic carbocycles. The molecule has 25 heteroatoms. The zero-order valence-electron chi connectivity index (χ0n) is 20.0. The topological polar surface area (TPSA) is 290 Å². The van der Waals surface area contributed by atoms with Crippen LogP contribution in [0.15, 0.2) is 12.9 Å². The van der Waals surface area contributed by atoms with Crippen molar-refractivity contribution < 1.29 is 180 Å². The van der Waals surface area contributed by atoms with Gasteiger partial charge in [-0.1, -0.05) is 6.58 Å². The first-order chi connectivity index (χ1) is 15.1. The minimum atomic E-state index is -6.16. The summed E-state index contributed by atoms with van der Waals surface area (Å²) >= 11 is 0. The maximum absolute atomic E-state index is 11.7. The summed E-state index contributed by atoms with van der Waals surface area (Å²) in [6.07, 6.45) is -4.11. The number of fused-ring (bicyclic) bond motifs is 1. The molecular formula is C12H14N5Na4O13P3. The zero-order chi connectivity index (χ0) is 24.8. The van der Waals surface area contributed by atoms with Gasteiger partial charge in [0.1, 0.15) is 30.5 Å². The number of ether oxygens (including phenoxy) is 1. The van der Waals surface area contributed by atoms with Crippen molar-refractivity contribution >= 4 is 46.5 Å². The van der Waals surface area contributed by atoms with Crippen LogP contribution in [0.3, 0.4) is 0 Å². The fourth-order valence-electron chi connectivity index (χ4n) is 2.87. The normalized spacial score (nSPS) is 24.4. The first kappa shape index (κ1) is 41.5. The van der Waals surface area contributed by atoms with Crippen molar-refractivity contribution in [2.45, 2.75) is 24.5 Å². The van der Waals surface area contributed by atoms with Crippen LogP contribution in [0.2, 0.25) is 0 Å². The second-order valence-corrected chi connectivity index (χ2v) is 10.6. The quantitative estimate of drug-likeness (QED) is 0.173. The summed E-state index contributed by atoms with van der Waals surface area (Å²) in [5.41, 5.74) is 5.94. The molecule has 6 atom stereocenters. The second-order valence-electron chi connectivity index (χ2n) is 6.32. The number of phosphoric ester groups is 1. The number of phosphoric acid groups is 3. The molecule has 0 amide bonds. The van der Waals surface area contributed by atoms with Gasteiger partial charge in [0, 0.05) is 0 Å². The van der Waals surface area contributed by atoms with Crippen LogP contribution in [0.1, 0.15) is 12.1 Å². The van der Waals surface area contributed by atoms with Gasteiger partial charge in [0.2, 0.25) is 0 Å². The van der Waals surface area contributed by atoms with Gasteiger partial charge < -0.3 is 49.3 Å². The largest absolute Gasteiger partial charge is 1.00 e. The summed E-state index contributed by atoms with van der Waals surface area (Å²) in [5.74, 6) is 0.0844. The number of nitrogens with zero attached hydrogens (tertiary/aromatic N) is 4. The fraction of sp³-hybridized carbons (Fsp3) is 0.417. The molecule has 1 aliphatic heterocycles. The van der Waals surface area contributed by atoms with Crippen molar-refractivity contribution in [3.05, 3.63) is 18.7 Å². The van der Waals surface area contributed by atoms with Crippen LogP contribution in [0, 0.1) is 0 Å². The number of aliphatic hydroxyl groups excluding tert-OH is 2. The Balaban J connectivity index is 0. The van der Waals surface area contributed by atoms with Crippen molar-refractivity contribution in [2.24, 2.45) is 0 Å². The number of aliphatic hydroxyl groups is 2. The van der Waals surface area contributed by atoms with Crippen molar-refractivity contribution in [1.82, 2.24) is 19.5 Å². The predicted octanol–water partition coefficient (Wildman–Crippen LogP) is -15.5. The van der Waals surface area contributed by atoms with Crippen LogP contribution in [0.25, 0.3) is 17.2 Å². The Bertz CT molecular complexity index is 1220. The number of nitrogens with two attached hydrogens (primary N) is 1. The molecule has 1 fully saturated rings. The van der Waals surface area contributed by atoms with Gasteiger partial charge in [0.25, 0.3) is 15.6 Å². The Labute approximate surface area is 297 Å². The van der Waals surface area contributed by atoms with Gasteiger partial charge in [0.15, 0.2) is 23.2 Å². The minimum absolute atomic E-state index is 0. The van der Waals surface area contributed by atoms with E-state index in [-0.39, 0.29) is 141 Å². The zero-order valence-corrected chi connectivity index (χ0v) is 30.7. The van der Waals surface area contributed by atoms with Gasteiger partial charge in [-0.3, -0.25) is 18.0 Å². The number of hydrogen-bond donors (Lipinski definition) is 3. The van der Waals surface area contributed by atoms with Gasteiger partial charge >= 0.3 is 118 Å². The smallest absolute Gasteiger partial charge is 0.790 e. The molecule has 184 valence electrons. The minimum Gasteiger partial charge on any atom is -0.790 e. The summed E-state index contributed by atoms with van der Waals surface area (Å²) in [7, 11) is -18.1. The molecule has 18 nitrogen and oxygen atoms in total. The van der Waals surface area contributed by atoms with Gasteiger partial charge in [0.05, 0.1) is 14.4 Å². The fourth-order valence-corrected chi connectivity index (χ4v) is 5.73. The van der Waals surface area contributed by atoms with E-state index in [0.29, 0.717) is 0 Å². The van der Waals surface area contributed by atoms with Crippen LogP contribution in [0.5, 0.6) is 0 Å². The van der Waals surface area contributed by atoms with Crippen LogP contribution >= 0.6 is 23.5 Å². The Morgan fingerprint density at radius 2 is 1.65 bits per heavy atom. The standard InChI is InChI=1S/C12H18N5O13P3.4Na/c1-2-6-16-7-10(13)14-4-15-11(7)17(6)12-9(19)8(18)5(28-12)3-27-32(23,24)30-33(25,26)29-31(20,21)22;;;;/h2,4-5,8-9,12,18-19H,1,3H2,(H,23,24)(H,25,26)(H2,13,14,15)(H2,20,21,22);;;;/q;4*+1/p-4/t5-,8-,9-,12-;;;;/m1..../s1. The van der Waals surface area contributed by atoms with Crippen LogP contribution in [-0.2, 0) is 31.6 Å². The maximum Gasteiger partial charge on any atom is 1.00 e. The van der Waals surface area contributed by atoms with Crippen molar-refractivity contribution in [3.8, 4) is 0 Å². The molecule has 0 radical (unpaired) electrons. The molecule has 0 aromatic carbocycles. The molecule has 4 N–H and O–H groups in total. The van der Waals surface area contributed by atoms with Crippen molar-refractivity contribution in [2.75, 3.05) is 12.3 Å². The molecule has 1 aliphatic rings. The Morgan fingerprint density at radius 3 is 2.19 bits per heavy atom. The summed E-state index contributed by atoms with van der Waals surface area (Å²) in [6.45, 7) is 2.45.